The molecular weight excluding hydrogens is 328 g/mol. The predicted octanol–water partition coefficient (Wildman–Crippen LogP) is 3.40. The van der Waals surface area contributed by atoms with Crippen molar-refractivity contribution in [1.82, 2.24) is 5.32 Å². The lowest BCUT2D eigenvalue weighted by Crippen LogP contribution is -2.42. The van der Waals surface area contributed by atoms with Crippen LogP contribution in [0.1, 0.15) is 32.8 Å². The van der Waals surface area contributed by atoms with Crippen molar-refractivity contribution < 1.29 is 5.11 Å². The summed E-state index contributed by atoms with van der Waals surface area (Å²) in [5.41, 5.74) is 2.48. The number of aliphatic hydroxyl groups excluding tert-OH is 1. The summed E-state index contributed by atoms with van der Waals surface area (Å²) in [4.78, 5) is 2.28. The first-order valence-electron chi connectivity index (χ1n) is 7.89. The number of halogens is 1. The van der Waals surface area contributed by atoms with Gasteiger partial charge in [-0.2, -0.15) is 0 Å². The Morgan fingerprint density at radius 2 is 2.19 bits per heavy atom. The fraction of sp³-hybridized carbons (Fsp3) is 0.647. The van der Waals surface area contributed by atoms with Crippen LogP contribution in [-0.4, -0.2) is 30.8 Å². The van der Waals surface area contributed by atoms with Crippen molar-refractivity contribution >= 4 is 21.6 Å². The number of benzene rings is 1. The first kappa shape index (κ1) is 16.8. The highest BCUT2D eigenvalue weighted by molar-refractivity contribution is 9.10. The fourth-order valence-corrected chi connectivity index (χ4v) is 3.16. The van der Waals surface area contributed by atoms with Crippen molar-refractivity contribution in [1.29, 1.82) is 0 Å². The third kappa shape index (κ3) is 4.70. The molecule has 1 aromatic rings. The number of hydrogen-bond donors (Lipinski definition) is 2. The molecule has 0 aliphatic carbocycles. The van der Waals surface area contributed by atoms with Gasteiger partial charge in [0.25, 0.3) is 0 Å². The minimum atomic E-state index is -0.218. The fourth-order valence-electron chi connectivity index (χ4n) is 2.66. The minimum Gasteiger partial charge on any atom is -0.391 e. The molecule has 0 saturated carbocycles. The van der Waals surface area contributed by atoms with E-state index >= 15 is 0 Å². The third-order valence-corrected chi connectivity index (χ3v) is 4.93. The number of piperidine rings is 1. The lowest BCUT2D eigenvalue weighted by molar-refractivity contribution is 0.103. The number of rotatable bonds is 5. The average Bonchev–Trinajstić information content (AvgIpc) is 2.43. The smallest absolute Gasteiger partial charge is 0.0741 e. The molecule has 0 spiro atoms. The van der Waals surface area contributed by atoms with Crippen molar-refractivity contribution in [3.8, 4) is 0 Å². The zero-order valence-corrected chi connectivity index (χ0v) is 14.9. The molecule has 1 heterocycles. The van der Waals surface area contributed by atoms with Crippen LogP contribution in [0.15, 0.2) is 22.7 Å². The summed E-state index contributed by atoms with van der Waals surface area (Å²) in [5, 5.41) is 13.5. The molecule has 1 aliphatic heterocycles. The first-order chi connectivity index (χ1) is 9.97. The molecule has 1 aliphatic rings. The summed E-state index contributed by atoms with van der Waals surface area (Å²) in [7, 11) is 0. The third-order valence-electron chi connectivity index (χ3n) is 4.19. The van der Waals surface area contributed by atoms with Crippen LogP contribution in [0.5, 0.6) is 0 Å². The summed E-state index contributed by atoms with van der Waals surface area (Å²) in [5.74, 6) is 1.07. The van der Waals surface area contributed by atoms with Gasteiger partial charge in [0.15, 0.2) is 0 Å². The zero-order valence-electron chi connectivity index (χ0n) is 13.3. The highest BCUT2D eigenvalue weighted by Crippen LogP contribution is 2.28. The molecule has 0 radical (unpaired) electrons. The van der Waals surface area contributed by atoms with Gasteiger partial charge in [-0.25, -0.2) is 0 Å². The van der Waals surface area contributed by atoms with Crippen molar-refractivity contribution in [2.45, 2.75) is 39.8 Å². The SMILES string of the molecule is CC(C)CNCc1ccc(N2CCC(C)C(O)C2)cc1Br. The molecule has 0 amide bonds. The second kappa shape index (κ2) is 7.61. The van der Waals surface area contributed by atoms with Crippen LogP contribution < -0.4 is 10.2 Å². The second-order valence-corrected chi connectivity index (χ2v) is 7.43. The number of nitrogens with zero attached hydrogens (tertiary/aromatic N) is 1. The summed E-state index contributed by atoms with van der Waals surface area (Å²) in [6.07, 6.45) is 0.834. The van der Waals surface area contributed by atoms with Crippen LogP contribution in [0, 0.1) is 11.8 Å². The van der Waals surface area contributed by atoms with E-state index in [4.69, 9.17) is 0 Å². The minimum absolute atomic E-state index is 0.218. The lowest BCUT2D eigenvalue weighted by Gasteiger charge is -2.36. The first-order valence-corrected chi connectivity index (χ1v) is 8.69. The summed E-state index contributed by atoms with van der Waals surface area (Å²) in [6.45, 7) is 10.2. The Kier molecular flexibility index (Phi) is 6.08. The Hall–Kier alpha value is -0.580. The van der Waals surface area contributed by atoms with Crippen LogP contribution in [0.4, 0.5) is 5.69 Å². The van der Waals surface area contributed by atoms with Crippen LogP contribution >= 0.6 is 15.9 Å². The standard InChI is InChI=1S/C17H27BrN2O/c1-12(2)9-19-10-14-4-5-15(8-16(14)18)20-7-6-13(3)17(21)11-20/h4-5,8,12-13,17,19,21H,6-7,9-11H2,1-3H3. The number of nitrogens with one attached hydrogen (secondary N) is 1. The lowest BCUT2D eigenvalue weighted by atomic mass is 9.95. The Labute approximate surface area is 136 Å². The van der Waals surface area contributed by atoms with Gasteiger partial charge in [-0.1, -0.05) is 42.8 Å². The summed E-state index contributed by atoms with van der Waals surface area (Å²) >= 11 is 3.68. The summed E-state index contributed by atoms with van der Waals surface area (Å²) < 4.78 is 1.14. The van der Waals surface area contributed by atoms with Gasteiger partial charge in [0.05, 0.1) is 6.10 Å². The molecule has 2 unspecified atom stereocenters. The molecule has 0 bridgehead atoms. The topological polar surface area (TPSA) is 35.5 Å². The highest BCUT2D eigenvalue weighted by Gasteiger charge is 2.24. The van der Waals surface area contributed by atoms with Crippen molar-refractivity contribution in [3.63, 3.8) is 0 Å². The maximum absolute atomic E-state index is 10.0. The van der Waals surface area contributed by atoms with Gasteiger partial charge in [-0.05, 0) is 42.5 Å². The van der Waals surface area contributed by atoms with E-state index in [2.05, 4.69) is 65.1 Å². The molecular formula is C17H27BrN2O. The van der Waals surface area contributed by atoms with Crippen LogP contribution in [-0.2, 0) is 6.54 Å². The van der Waals surface area contributed by atoms with Gasteiger partial charge in [-0.3, -0.25) is 0 Å². The maximum Gasteiger partial charge on any atom is 0.0741 e. The van der Waals surface area contributed by atoms with Gasteiger partial charge in [0, 0.05) is 29.8 Å². The van der Waals surface area contributed by atoms with E-state index in [-0.39, 0.29) is 6.10 Å². The molecule has 2 atom stereocenters. The zero-order chi connectivity index (χ0) is 15.4. The van der Waals surface area contributed by atoms with Gasteiger partial charge in [0.2, 0.25) is 0 Å². The quantitative estimate of drug-likeness (QED) is 0.850. The molecule has 2 N–H and O–H groups in total. The van der Waals surface area contributed by atoms with E-state index in [1.165, 1.54) is 11.3 Å². The molecule has 21 heavy (non-hydrogen) atoms. The average molecular weight is 355 g/mol. The monoisotopic (exact) mass is 354 g/mol. The Balaban J connectivity index is 1.98. The molecule has 4 heteroatoms. The maximum atomic E-state index is 10.0. The molecule has 118 valence electrons. The number of hydrogen-bond acceptors (Lipinski definition) is 3. The van der Waals surface area contributed by atoms with Crippen LogP contribution in [0.3, 0.4) is 0 Å². The Morgan fingerprint density at radius 1 is 1.43 bits per heavy atom. The van der Waals surface area contributed by atoms with Crippen molar-refractivity contribution in [2.24, 2.45) is 11.8 Å². The summed E-state index contributed by atoms with van der Waals surface area (Å²) in [6, 6.07) is 6.52. The Morgan fingerprint density at radius 3 is 2.81 bits per heavy atom. The van der Waals surface area contributed by atoms with Gasteiger partial charge >= 0.3 is 0 Å². The van der Waals surface area contributed by atoms with E-state index in [1.54, 1.807) is 0 Å². The largest absolute Gasteiger partial charge is 0.391 e. The molecule has 1 fully saturated rings. The highest BCUT2D eigenvalue weighted by atomic mass is 79.9. The van der Waals surface area contributed by atoms with Crippen molar-refractivity contribution in [3.05, 3.63) is 28.2 Å². The number of β-amino-alcohol motifs (C(OH)–C–C–N with tert-alkyl or cyclic N) is 1. The molecule has 1 saturated heterocycles. The van der Waals surface area contributed by atoms with Gasteiger partial charge < -0.3 is 15.3 Å². The molecule has 3 nitrogen and oxygen atoms in total. The molecule has 0 aromatic heterocycles. The van der Waals surface area contributed by atoms with E-state index in [1.807, 2.05) is 0 Å². The number of anilines is 1. The van der Waals surface area contributed by atoms with Crippen LogP contribution in [0.2, 0.25) is 0 Å². The van der Waals surface area contributed by atoms with Gasteiger partial charge in [-0.15, -0.1) is 0 Å². The predicted molar refractivity (Wildman–Crippen MR) is 92.7 cm³/mol. The van der Waals surface area contributed by atoms with E-state index in [0.717, 1.165) is 37.1 Å². The normalized spacial score (nSPS) is 22.9. The van der Waals surface area contributed by atoms with Crippen LogP contribution in [0.25, 0.3) is 0 Å². The van der Waals surface area contributed by atoms with E-state index < -0.39 is 0 Å². The second-order valence-electron chi connectivity index (χ2n) is 6.58. The Bertz CT molecular complexity index is 464. The molecule has 1 aromatic carbocycles. The van der Waals surface area contributed by atoms with Gasteiger partial charge in [0.1, 0.15) is 0 Å². The van der Waals surface area contributed by atoms with E-state index in [0.29, 0.717) is 11.8 Å². The number of aliphatic hydroxyl groups is 1. The van der Waals surface area contributed by atoms with Crippen molar-refractivity contribution in [2.75, 3.05) is 24.5 Å². The molecule has 2 rings (SSSR count). The van der Waals surface area contributed by atoms with E-state index in [9.17, 15) is 5.11 Å².